The first kappa shape index (κ1) is 15.4. The number of rotatable bonds is 5. The van der Waals surface area contributed by atoms with Crippen LogP contribution in [0.3, 0.4) is 0 Å². The lowest BCUT2D eigenvalue weighted by Gasteiger charge is -2.36. The number of hydrogen-bond acceptors (Lipinski definition) is 3. The molecule has 1 aliphatic heterocycles. The van der Waals surface area contributed by atoms with Gasteiger partial charge in [0.1, 0.15) is 11.6 Å². The van der Waals surface area contributed by atoms with Crippen molar-refractivity contribution in [2.24, 2.45) is 0 Å². The van der Waals surface area contributed by atoms with Crippen LogP contribution in [-0.2, 0) is 4.74 Å². The van der Waals surface area contributed by atoms with Crippen LogP contribution >= 0.6 is 0 Å². The van der Waals surface area contributed by atoms with E-state index in [9.17, 15) is 8.78 Å². The largest absolute Gasteiger partial charge is 0.374 e. The summed E-state index contributed by atoms with van der Waals surface area (Å²) in [7, 11) is 2.01. The Morgan fingerprint density at radius 2 is 2.25 bits per heavy atom. The van der Waals surface area contributed by atoms with Crippen LogP contribution in [0.2, 0.25) is 0 Å². The molecule has 1 saturated heterocycles. The predicted molar refractivity (Wildman–Crippen MR) is 74.6 cm³/mol. The molecule has 1 aromatic carbocycles. The van der Waals surface area contributed by atoms with Gasteiger partial charge in [-0.1, -0.05) is 6.92 Å². The van der Waals surface area contributed by atoms with Crippen molar-refractivity contribution in [2.75, 3.05) is 33.3 Å². The van der Waals surface area contributed by atoms with Crippen LogP contribution in [0.5, 0.6) is 0 Å². The van der Waals surface area contributed by atoms with Gasteiger partial charge in [0.25, 0.3) is 0 Å². The summed E-state index contributed by atoms with van der Waals surface area (Å²) in [6.45, 7) is 4.96. The van der Waals surface area contributed by atoms with Crippen LogP contribution in [0.15, 0.2) is 18.2 Å². The lowest BCUT2D eigenvalue weighted by Crippen LogP contribution is -2.47. The maximum atomic E-state index is 14.0. The number of morpholine rings is 1. The lowest BCUT2D eigenvalue weighted by atomic mass is 9.99. The molecule has 112 valence electrons. The zero-order valence-electron chi connectivity index (χ0n) is 12.0. The Morgan fingerprint density at radius 1 is 1.45 bits per heavy atom. The third-order valence-corrected chi connectivity index (χ3v) is 3.58. The average molecular weight is 284 g/mol. The lowest BCUT2D eigenvalue weighted by molar-refractivity contribution is -0.0398. The topological polar surface area (TPSA) is 24.5 Å². The molecule has 0 amide bonds. The Labute approximate surface area is 118 Å². The Balaban J connectivity index is 2.23. The summed E-state index contributed by atoms with van der Waals surface area (Å²) in [6, 6.07) is 3.26. The van der Waals surface area contributed by atoms with Crippen LogP contribution in [0, 0.1) is 11.6 Å². The summed E-state index contributed by atoms with van der Waals surface area (Å²) in [5.41, 5.74) is 0.346. The van der Waals surface area contributed by atoms with Crippen molar-refractivity contribution in [3.8, 4) is 0 Å². The average Bonchev–Trinajstić information content (AvgIpc) is 2.43. The van der Waals surface area contributed by atoms with Gasteiger partial charge < -0.3 is 15.0 Å². The van der Waals surface area contributed by atoms with Crippen LogP contribution < -0.4 is 5.32 Å². The van der Waals surface area contributed by atoms with Gasteiger partial charge in [-0.15, -0.1) is 0 Å². The van der Waals surface area contributed by atoms with E-state index in [0.29, 0.717) is 18.7 Å². The normalized spacial score (nSPS) is 21.9. The maximum Gasteiger partial charge on any atom is 0.128 e. The highest BCUT2D eigenvalue weighted by Crippen LogP contribution is 2.25. The van der Waals surface area contributed by atoms with Gasteiger partial charge >= 0.3 is 0 Å². The monoisotopic (exact) mass is 284 g/mol. The number of nitrogens with one attached hydrogen (secondary N) is 1. The van der Waals surface area contributed by atoms with E-state index in [1.807, 2.05) is 14.0 Å². The zero-order valence-corrected chi connectivity index (χ0v) is 12.0. The first-order valence-corrected chi connectivity index (χ1v) is 7.10. The highest BCUT2D eigenvalue weighted by atomic mass is 19.1. The van der Waals surface area contributed by atoms with Crippen LogP contribution in [0.4, 0.5) is 8.78 Å². The standard InChI is InChI=1S/C15H22F2N2O/c1-3-6-18-15(14-10-19(2)7-8-20-14)12-9-11(16)4-5-13(12)17/h4-5,9,14-15,18H,3,6-8,10H2,1-2H3. The number of hydrogen-bond donors (Lipinski definition) is 1. The van der Waals surface area contributed by atoms with Gasteiger partial charge in [0, 0.05) is 18.7 Å². The number of halogens is 2. The number of nitrogens with zero attached hydrogens (tertiary/aromatic N) is 1. The first-order chi connectivity index (χ1) is 9.61. The van der Waals surface area contributed by atoms with E-state index in [0.717, 1.165) is 25.6 Å². The fraction of sp³-hybridized carbons (Fsp3) is 0.600. The molecule has 5 heteroatoms. The van der Waals surface area contributed by atoms with E-state index in [2.05, 4.69) is 10.2 Å². The van der Waals surface area contributed by atoms with Crippen molar-refractivity contribution in [3.63, 3.8) is 0 Å². The van der Waals surface area contributed by atoms with E-state index in [1.54, 1.807) is 0 Å². The van der Waals surface area contributed by atoms with E-state index in [-0.39, 0.29) is 12.1 Å². The Bertz CT molecular complexity index is 442. The molecule has 0 radical (unpaired) electrons. The van der Waals surface area contributed by atoms with Gasteiger partial charge in [0.15, 0.2) is 0 Å². The molecule has 0 aromatic heterocycles. The second kappa shape index (κ2) is 7.11. The molecule has 1 aliphatic rings. The molecule has 1 aromatic rings. The minimum Gasteiger partial charge on any atom is -0.374 e. The molecule has 20 heavy (non-hydrogen) atoms. The third kappa shape index (κ3) is 3.75. The first-order valence-electron chi connectivity index (χ1n) is 7.10. The fourth-order valence-electron chi connectivity index (χ4n) is 2.51. The molecule has 3 nitrogen and oxygen atoms in total. The van der Waals surface area contributed by atoms with Crippen molar-refractivity contribution >= 4 is 0 Å². The third-order valence-electron chi connectivity index (χ3n) is 3.58. The van der Waals surface area contributed by atoms with Crippen LogP contribution in [-0.4, -0.2) is 44.3 Å². The van der Waals surface area contributed by atoms with Gasteiger partial charge in [0.2, 0.25) is 0 Å². The van der Waals surface area contributed by atoms with Gasteiger partial charge in [-0.2, -0.15) is 0 Å². The molecule has 1 heterocycles. The summed E-state index contributed by atoms with van der Waals surface area (Å²) in [5.74, 6) is -0.814. The molecule has 0 aliphatic carbocycles. The second-order valence-electron chi connectivity index (χ2n) is 5.27. The Kier molecular flexibility index (Phi) is 5.46. The number of ether oxygens (including phenoxy) is 1. The SMILES string of the molecule is CCCNC(c1cc(F)ccc1F)C1CN(C)CCO1. The summed E-state index contributed by atoms with van der Waals surface area (Å²) in [6.07, 6.45) is 0.757. The Hall–Kier alpha value is -1.04. The smallest absolute Gasteiger partial charge is 0.128 e. The Morgan fingerprint density at radius 3 is 2.95 bits per heavy atom. The predicted octanol–water partition coefficient (Wildman–Crippen LogP) is 2.34. The molecule has 2 atom stereocenters. The van der Waals surface area contributed by atoms with Crippen molar-refractivity contribution < 1.29 is 13.5 Å². The van der Waals surface area contributed by atoms with E-state index >= 15 is 0 Å². The van der Waals surface area contributed by atoms with Crippen molar-refractivity contribution in [1.82, 2.24) is 10.2 Å². The molecule has 1 fully saturated rings. The van der Waals surface area contributed by atoms with Crippen molar-refractivity contribution in [3.05, 3.63) is 35.4 Å². The summed E-state index contributed by atoms with van der Waals surface area (Å²) >= 11 is 0. The molecule has 1 N–H and O–H groups in total. The van der Waals surface area contributed by atoms with E-state index in [4.69, 9.17) is 4.74 Å². The minimum absolute atomic E-state index is 0.170. The number of likely N-dealkylation sites (N-methyl/N-ethyl adjacent to an activating group) is 1. The van der Waals surface area contributed by atoms with Gasteiger partial charge in [-0.25, -0.2) is 8.78 Å². The quantitative estimate of drug-likeness (QED) is 0.898. The van der Waals surface area contributed by atoms with Crippen molar-refractivity contribution in [1.29, 1.82) is 0 Å². The fourth-order valence-corrected chi connectivity index (χ4v) is 2.51. The van der Waals surface area contributed by atoms with Gasteiger partial charge in [0.05, 0.1) is 18.8 Å². The molecule has 0 saturated carbocycles. The van der Waals surface area contributed by atoms with E-state index < -0.39 is 11.6 Å². The zero-order chi connectivity index (χ0) is 14.5. The molecule has 0 spiro atoms. The molecule has 2 unspecified atom stereocenters. The van der Waals surface area contributed by atoms with Crippen LogP contribution in [0.1, 0.15) is 24.9 Å². The van der Waals surface area contributed by atoms with Gasteiger partial charge in [-0.3, -0.25) is 0 Å². The summed E-state index contributed by atoms with van der Waals surface area (Å²) in [5, 5.41) is 3.29. The van der Waals surface area contributed by atoms with E-state index in [1.165, 1.54) is 12.1 Å². The highest BCUT2D eigenvalue weighted by molar-refractivity contribution is 5.24. The molecule has 0 bridgehead atoms. The number of benzene rings is 1. The van der Waals surface area contributed by atoms with Crippen molar-refractivity contribution in [2.45, 2.75) is 25.5 Å². The second-order valence-corrected chi connectivity index (χ2v) is 5.27. The summed E-state index contributed by atoms with van der Waals surface area (Å²) < 4.78 is 33.2. The van der Waals surface area contributed by atoms with Crippen LogP contribution in [0.25, 0.3) is 0 Å². The van der Waals surface area contributed by atoms with Gasteiger partial charge in [-0.05, 0) is 38.2 Å². The molecular weight excluding hydrogens is 262 g/mol. The minimum atomic E-state index is -0.422. The molecule has 2 rings (SSSR count). The summed E-state index contributed by atoms with van der Waals surface area (Å²) in [4.78, 5) is 2.14. The highest BCUT2D eigenvalue weighted by Gasteiger charge is 2.29. The molecular formula is C15H22F2N2O. The maximum absolute atomic E-state index is 14.0.